The van der Waals surface area contributed by atoms with Crippen molar-refractivity contribution >= 4 is 11.3 Å². The topological polar surface area (TPSA) is 45.2 Å². The van der Waals surface area contributed by atoms with Crippen molar-refractivity contribution in [2.24, 2.45) is 0 Å². The van der Waals surface area contributed by atoms with Gasteiger partial charge in [0.15, 0.2) is 6.10 Å². The molecule has 0 aliphatic carbocycles. The fraction of sp³-hybridized carbons (Fsp3) is 0.667. The van der Waals surface area contributed by atoms with Gasteiger partial charge in [-0.3, -0.25) is 0 Å². The molecule has 16 heavy (non-hydrogen) atoms. The fourth-order valence-electron chi connectivity index (χ4n) is 1.12. The van der Waals surface area contributed by atoms with Crippen LogP contribution >= 0.6 is 11.3 Å². The molecule has 0 amide bonds. The summed E-state index contributed by atoms with van der Waals surface area (Å²) >= 11 is 1.48. The summed E-state index contributed by atoms with van der Waals surface area (Å²) in [6.45, 7) is 1.79. The number of rotatable bonds is 5. The Bertz CT molecular complexity index is 327. The van der Waals surface area contributed by atoms with Crippen molar-refractivity contribution in [3.63, 3.8) is 0 Å². The zero-order chi connectivity index (χ0) is 12.2. The molecule has 2 N–H and O–H groups in total. The van der Waals surface area contributed by atoms with Gasteiger partial charge in [-0.1, -0.05) is 0 Å². The van der Waals surface area contributed by atoms with E-state index in [1.807, 2.05) is 6.92 Å². The van der Waals surface area contributed by atoms with Crippen molar-refractivity contribution in [2.75, 3.05) is 13.1 Å². The maximum Gasteiger partial charge on any atom is 0.415 e. The molecule has 0 aliphatic rings. The van der Waals surface area contributed by atoms with Crippen LogP contribution in [0.25, 0.3) is 0 Å². The van der Waals surface area contributed by atoms with Crippen LogP contribution in [0, 0.1) is 6.92 Å². The number of halogens is 3. The van der Waals surface area contributed by atoms with Crippen molar-refractivity contribution in [1.82, 2.24) is 10.3 Å². The third-order valence-corrected chi connectivity index (χ3v) is 3.08. The summed E-state index contributed by atoms with van der Waals surface area (Å²) in [7, 11) is 0. The van der Waals surface area contributed by atoms with Gasteiger partial charge in [0.2, 0.25) is 0 Å². The predicted molar refractivity (Wildman–Crippen MR) is 55.5 cm³/mol. The number of aliphatic hydroxyl groups is 1. The smallest absolute Gasteiger partial charge is 0.382 e. The molecule has 1 unspecified atom stereocenters. The molecule has 0 radical (unpaired) electrons. The lowest BCUT2D eigenvalue weighted by atomic mass is 10.3. The first kappa shape index (κ1) is 13.4. The van der Waals surface area contributed by atoms with Crippen LogP contribution in [-0.2, 0) is 6.42 Å². The van der Waals surface area contributed by atoms with Gasteiger partial charge in [0.05, 0.1) is 11.2 Å². The van der Waals surface area contributed by atoms with Crippen LogP contribution in [0.2, 0.25) is 0 Å². The van der Waals surface area contributed by atoms with Crippen LogP contribution in [0.4, 0.5) is 13.2 Å². The summed E-state index contributed by atoms with van der Waals surface area (Å²) in [6.07, 6.45) is -6.22. The molecular weight excluding hydrogens is 241 g/mol. The predicted octanol–water partition coefficient (Wildman–Crippen LogP) is 1.51. The Labute approximate surface area is 95.3 Å². The van der Waals surface area contributed by atoms with E-state index in [1.165, 1.54) is 11.3 Å². The molecule has 1 atom stereocenters. The Morgan fingerprint density at radius 1 is 1.56 bits per heavy atom. The fourth-order valence-corrected chi connectivity index (χ4v) is 1.90. The molecule has 0 saturated carbocycles. The monoisotopic (exact) mass is 254 g/mol. The number of aromatic nitrogens is 1. The van der Waals surface area contributed by atoms with Gasteiger partial charge >= 0.3 is 6.18 Å². The highest BCUT2D eigenvalue weighted by Gasteiger charge is 2.37. The van der Waals surface area contributed by atoms with Gasteiger partial charge in [0.25, 0.3) is 0 Å². The minimum absolute atomic E-state index is 0.399. The van der Waals surface area contributed by atoms with Gasteiger partial charge < -0.3 is 10.4 Å². The van der Waals surface area contributed by atoms with E-state index in [2.05, 4.69) is 10.3 Å². The number of aliphatic hydroxyl groups excluding tert-OH is 1. The molecule has 0 aliphatic heterocycles. The van der Waals surface area contributed by atoms with E-state index < -0.39 is 18.8 Å². The first-order valence-corrected chi connectivity index (χ1v) is 5.63. The molecule has 92 valence electrons. The molecule has 1 aromatic rings. The molecule has 0 saturated heterocycles. The van der Waals surface area contributed by atoms with E-state index in [-0.39, 0.29) is 0 Å². The molecular formula is C9H13F3N2OS. The molecule has 7 heteroatoms. The van der Waals surface area contributed by atoms with E-state index in [0.29, 0.717) is 13.0 Å². The Balaban J connectivity index is 2.20. The van der Waals surface area contributed by atoms with E-state index >= 15 is 0 Å². The highest BCUT2D eigenvalue weighted by atomic mass is 32.1. The number of nitrogens with zero attached hydrogens (tertiary/aromatic N) is 1. The van der Waals surface area contributed by atoms with E-state index in [1.54, 1.807) is 5.51 Å². The van der Waals surface area contributed by atoms with Crippen molar-refractivity contribution in [3.05, 3.63) is 16.1 Å². The van der Waals surface area contributed by atoms with Crippen molar-refractivity contribution in [3.8, 4) is 0 Å². The van der Waals surface area contributed by atoms with Crippen LogP contribution in [0.1, 0.15) is 10.6 Å². The van der Waals surface area contributed by atoms with Gasteiger partial charge in [-0.25, -0.2) is 4.98 Å². The molecule has 3 nitrogen and oxygen atoms in total. The average Bonchev–Trinajstić information content (AvgIpc) is 2.57. The first-order valence-electron chi connectivity index (χ1n) is 4.75. The van der Waals surface area contributed by atoms with Crippen LogP contribution in [0.15, 0.2) is 5.51 Å². The third kappa shape index (κ3) is 4.07. The summed E-state index contributed by atoms with van der Waals surface area (Å²) in [5.74, 6) is 0. The maximum absolute atomic E-state index is 11.9. The zero-order valence-corrected chi connectivity index (χ0v) is 9.53. The Hall–Kier alpha value is -0.660. The van der Waals surface area contributed by atoms with Crippen molar-refractivity contribution in [1.29, 1.82) is 0 Å². The second-order valence-electron chi connectivity index (χ2n) is 3.37. The number of hydrogen-bond acceptors (Lipinski definition) is 4. The van der Waals surface area contributed by atoms with Crippen molar-refractivity contribution < 1.29 is 18.3 Å². The lowest BCUT2D eigenvalue weighted by Gasteiger charge is -2.14. The van der Waals surface area contributed by atoms with Gasteiger partial charge in [-0.2, -0.15) is 13.2 Å². The lowest BCUT2D eigenvalue weighted by Crippen LogP contribution is -2.38. The first-order chi connectivity index (χ1) is 7.41. The minimum atomic E-state index is -4.55. The second kappa shape index (κ2) is 5.60. The number of nitrogens with one attached hydrogen (secondary N) is 1. The van der Waals surface area contributed by atoms with Crippen molar-refractivity contribution in [2.45, 2.75) is 25.6 Å². The SMILES string of the molecule is Cc1ncsc1CCNCC(O)C(F)(F)F. The minimum Gasteiger partial charge on any atom is -0.382 e. The van der Waals surface area contributed by atoms with E-state index in [9.17, 15) is 13.2 Å². The number of thiazole rings is 1. The lowest BCUT2D eigenvalue weighted by molar-refractivity contribution is -0.201. The summed E-state index contributed by atoms with van der Waals surface area (Å²) in [5.41, 5.74) is 2.61. The molecule has 0 spiro atoms. The summed E-state index contributed by atoms with van der Waals surface area (Å²) in [4.78, 5) is 5.08. The summed E-state index contributed by atoms with van der Waals surface area (Å²) < 4.78 is 35.7. The number of hydrogen-bond donors (Lipinski definition) is 2. The molecule has 1 rings (SSSR count). The summed E-state index contributed by atoms with van der Waals surface area (Å²) in [5, 5.41) is 11.3. The van der Waals surface area contributed by atoms with Crippen LogP contribution in [-0.4, -0.2) is 35.5 Å². The third-order valence-electron chi connectivity index (χ3n) is 2.09. The largest absolute Gasteiger partial charge is 0.415 e. The summed E-state index contributed by atoms with van der Waals surface area (Å²) in [6, 6.07) is 0. The average molecular weight is 254 g/mol. The van der Waals surface area contributed by atoms with Gasteiger partial charge in [-0.15, -0.1) is 11.3 Å². The number of aryl methyl sites for hydroxylation is 1. The Morgan fingerprint density at radius 3 is 2.75 bits per heavy atom. The number of alkyl halides is 3. The standard InChI is InChI=1S/C9H13F3N2OS/c1-6-7(16-5-14-6)2-3-13-4-8(15)9(10,11)12/h5,8,13,15H,2-4H2,1H3. The Kier molecular flexibility index (Phi) is 4.69. The molecule has 1 heterocycles. The highest BCUT2D eigenvalue weighted by molar-refractivity contribution is 7.09. The zero-order valence-electron chi connectivity index (χ0n) is 8.71. The van der Waals surface area contributed by atoms with Gasteiger partial charge in [-0.05, 0) is 13.3 Å². The molecule has 0 bridgehead atoms. The maximum atomic E-state index is 11.9. The quantitative estimate of drug-likeness (QED) is 0.783. The van der Waals surface area contributed by atoms with Gasteiger partial charge in [0.1, 0.15) is 0 Å². The molecule has 1 aromatic heterocycles. The molecule has 0 aromatic carbocycles. The molecule has 0 fully saturated rings. The van der Waals surface area contributed by atoms with Crippen LogP contribution < -0.4 is 5.32 Å². The normalized spacial score (nSPS) is 14.1. The van der Waals surface area contributed by atoms with Gasteiger partial charge in [0, 0.05) is 18.0 Å². The van der Waals surface area contributed by atoms with E-state index in [4.69, 9.17) is 5.11 Å². The van der Waals surface area contributed by atoms with Crippen LogP contribution in [0.5, 0.6) is 0 Å². The second-order valence-corrected chi connectivity index (χ2v) is 4.31. The highest BCUT2D eigenvalue weighted by Crippen LogP contribution is 2.19. The van der Waals surface area contributed by atoms with Crippen LogP contribution in [0.3, 0.4) is 0 Å². The van der Waals surface area contributed by atoms with E-state index in [0.717, 1.165) is 10.6 Å². The Morgan fingerprint density at radius 2 is 2.25 bits per heavy atom.